The van der Waals surface area contributed by atoms with Crippen LogP contribution in [-0.4, -0.2) is 26.3 Å². The summed E-state index contributed by atoms with van der Waals surface area (Å²) in [6, 6.07) is -0.391. The predicted molar refractivity (Wildman–Crippen MR) is 92.3 cm³/mol. The number of nitrogens with zero attached hydrogens (tertiary/aromatic N) is 2. The maximum Gasteiger partial charge on any atom is 0.471 e. The lowest BCUT2D eigenvalue weighted by Gasteiger charge is -2.20. The number of alkyl halides is 3. The van der Waals surface area contributed by atoms with E-state index in [0.29, 0.717) is 16.9 Å². The summed E-state index contributed by atoms with van der Waals surface area (Å²) in [5.74, 6) is -1.75. The molecular formula is C17H20F3N3O3S. The van der Waals surface area contributed by atoms with E-state index >= 15 is 0 Å². The first-order valence-electron chi connectivity index (χ1n) is 8.77. The van der Waals surface area contributed by atoms with Crippen molar-refractivity contribution < 1.29 is 26.7 Å². The molecule has 1 saturated carbocycles. The highest BCUT2D eigenvalue weighted by Crippen LogP contribution is 2.42. The van der Waals surface area contributed by atoms with Gasteiger partial charge in [-0.15, -0.1) is 0 Å². The van der Waals surface area contributed by atoms with Gasteiger partial charge in [-0.2, -0.15) is 18.2 Å². The van der Waals surface area contributed by atoms with Crippen LogP contribution < -0.4 is 5.32 Å². The van der Waals surface area contributed by atoms with E-state index in [2.05, 4.69) is 20.0 Å². The normalized spacial score (nSPS) is 21.4. The van der Waals surface area contributed by atoms with Gasteiger partial charge in [0.1, 0.15) is 0 Å². The van der Waals surface area contributed by atoms with Crippen LogP contribution in [0.1, 0.15) is 57.7 Å². The number of hydrogen-bond donors (Lipinski definition) is 1. The first-order valence-corrected chi connectivity index (χ1v) is 9.92. The number of aromatic nitrogens is 2. The minimum absolute atomic E-state index is 0.0650. The number of hydrogen-bond acceptors (Lipinski definition) is 5. The van der Waals surface area contributed by atoms with E-state index in [1.54, 1.807) is 6.92 Å². The quantitative estimate of drug-likeness (QED) is 0.753. The highest BCUT2D eigenvalue weighted by Gasteiger charge is 2.42. The van der Waals surface area contributed by atoms with Crippen molar-refractivity contribution in [3.8, 4) is 0 Å². The number of amides is 1. The van der Waals surface area contributed by atoms with Gasteiger partial charge in [-0.3, -0.25) is 4.79 Å². The van der Waals surface area contributed by atoms with Gasteiger partial charge >= 0.3 is 12.1 Å². The fourth-order valence-electron chi connectivity index (χ4n) is 2.94. The molecule has 0 radical (unpaired) electrons. The summed E-state index contributed by atoms with van der Waals surface area (Å²) >= 11 is 0. The highest BCUT2D eigenvalue weighted by atomic mass is 32.2. The number of halogens is 3. The molecule has 1 N–H and O–H groups in total. The zero-order valence-electron chi connectivity index (χ0n) is 14.9. The molecule has 2 aliphatic rings. The number of nitrogens with one attached hydrogen (secondary N) is 1. The molecule has 2 heterocycles. The van der Waals surface area contributed by atoms with Gasteiger partial charge in [-0.1, -0.05) is 18.5 Å². The van der Waals surface area contributed by atoms with Crippen LogP contribution in [0.15, 0.2) is 21.1 Å². The summed E-state index contributed by atoms with van der Waals surface area (Å²) in [7, 11) is -1.75. The zero-order valence-corrected chi connectivity index (χ0v) is 15.7. The van der Waals surface area contributed by atoms with Crippen LogP contribution in [-0.2, 0) is 21.8 Å². The zero-order chi connectivity index (χ0) is 19.8. The number of carbonyl (C=O) groups excluding carboxylic acids is 1. The van der Waals surface area contributed by atoms with E-state index in [-0.39, 0.29) is 22.6 Å². The Hall–Kier alpha value is -1.97. The minimum Gasteiger partial charge on any atom is -0.348 e. The Labute approximate surface area is 156 Å². The lowest BCUT2D eigenvalue weighted by molar-refractivity contribution is -0.159. The second kappa shape index (κ2) is 7.57. The van der Waals surface area contributed by atoms with Crippen molar-refractivity contribution >= 4 is 21.6 Å². The van der Waals surface area contributed by atoms with Gasteiger partial charge in [0, 0.05) is 11.3 Å². The largest absolute Gasteiger partial charge is 0.471 e. The summed E-state index contributed by atoms with van der Waals surface area (Å²) in [6.07, 6.45) is 0.589. The van der Waals surface area contributed by atoms with Crippen LogP contribution in [0.25, 0.3) is 4.91 Å². The molecule has 1 aliphatic heterocycles. The van der Waals surface area contributed by atoms with Gasteiger partial charge in [-0.05, 0) is 43.8 Å². The molecule has 1 aliphatic carbocycles. The summed E-state index contributed by atoms with van der Waals surface area (Å²) in [4.78, 5) is 16.1. The number of rotatable bonds is 7. The molecule has 3 rings (SSSR count). The van der Waals surface area contributed by atoms with Gasteiger partial charge in [0.05, 0.1) is 21.7 Å². The first-order chi connectivity index (χ1) is 12.7. The number of unbranched alkanes of at least 4 members (excludes halogenated alkanes) is 1. The molecule has 27 heavy (non-hydrogen) atoms. The van der Waals surface area contributed by atoms with E-state index in [9.17, 15) is 22.2 Å². The Morgan fingerprint density at radius 2 is 2.15 bits per heavy atom. The summed E-state index contributed by atoms with van der Waals surface area (Å²) < 4.78 is 55.2. The summed E-state index contributed by atoms with van der Waals surface area (Å²) in [5.41, 5.74) is 0.648. The molecule has 1 amide bonds. The van der Waals surface area contributed by atoms with E-state index in [1.165, 1.54) is 6.08 Å². The van der Waals surface area contributed by atoms with Crippen molar-refractivity contribution in [3.63, 3.8) is 0 Å². The van der Waals surface area contributed by atoms with E-state index < -0.39 is 28.9 Å². The molecule has 6 nitrogen and oxygen atoms in total. The van der Waals surface area contributed by atoms with Crippen LogP contribution in [0.2, 0.25) is 0 Å². The Bertz CT molecular complexity index is 825. The standard InChI is InChI=1S/C17H20F3N3O3S/c1-3-4-5-12(24)21-13(10-6-7-10)14-9(2)8-11(27(14)25)15-22-16(26-23-15)17(18,19)20/h8,10,13H,3-7H2,1-2H3,(H,21,24). The van der Waals surface area contributed by atoms with Gasteiger partial charge in [0.25, 0.3) is 0 Å². The third-order valence-corrected chi connectivity index (χ3v) is 6.15. The van der Waals surface area contributed by atoms with Crippen LogP contribution in [0.3, 0.4) is 0 Å². The molecule has 1 aromatic rings. The van der Waals surface area contributed by atoms with E-state index in [4.69, 9.17) is 0 Å². The van der Waals surface area contributed by atoms with Gasteiger partial charge < -0.3 is 9.84 Å². The second-order valence-electron chi connectivity index (χ2n) is 6.73. The lowest BCUT2D eigenvalue weighted by atomic mass is 10.1. The third kappa shape index (κ3) is 4.31. The maximum absolute atomic E-state index is 13.0. The van der Waals surface area contributed by atoms with Crippen molar-refractivity contribution in [1.29, 1.82) is 0 Å². The molecule has 1 aromatic heterocycles. The molecule has 0 aromatic carbocycles. The molecule has 0 bridgehead atoms. The SMILES string of the molecule is CCCCC(=O)NC(C1=C(C)C=C(c2noc(C(F)(F)F)n2)S1=O)C1CC1. The Morgan fingerprint density at radius 1 is 1.44 bits per heavy atom. The van der Waals surface area contributed by atoms with Crippen LogP contribution in [0.4, 0.5) is 13.2 Å². The van der Waals surface area contributed by atoms with Crippen molar-refractivity contribution in [1.82, 2.24) is 15.5 Å². The van der Waals surface area contributed by atoms with Gasteiger partial charge in [-0.25, -0.2) is 4.21 Å². The van der Waals surface area contributed by atoms with Crippen molar-refractivity contribution in [2.45, 2.75) is 58.2 Å². The topological polar surface area (TPSA) is 85.1 Å². The lowest BCUT2D eigenvalue weighted by Crippen LogP contribution is -2.38. The Kier molecular flexibility index (Phi) is 5.55. The van der Waals surface area contributed by atoms with Gasteiger partial charge in [0.2, 0.25) is 11.7 Å². The van der Waals surface area contributed by atoms with Crippen molar-refractivity contribution in [2.24, 2.45) is 5.92 Å². The first kappa shape index (κ1) is 19.8. The Morgan fingerprint density at radius 3 is 2.70 bits per heavy atom. The molecule has 1 fully saturated rings. The molecular weight excluding hydrogens is 383 g/mol. The van der Waals surface area contributed by atoms with Crippen LogP contribution in [0.5, 0.6) is 0 Å². The van der Waals surface area contributed by atoms with E-state index in [0.717, 1.165) is 25.7 Å². The summed E-state index contributed by atoms with van der Waals surface area (Å²) in [5, 5.41) is 6.27. The number of carbonyl (C=O) groups is 1. The van der Waals surface area contributed by atoms with E-state index in [1.807, 2.05) is 6.92 Å². The fourth-order valence-corrected chi connectivity index (χ4v) is 4.55. The monoisotopic (exact) mass is 403 g/mol. The molecule has 2 atom stereocenters. The number of allylic oxidation sites excluding steroid dienone is 2. The molecule has 0 spiro atoms. The molecule has 0 saturated heterocycles. The molecule has 10 heteroatoms. The maximum atomic E-state index is 13.0. The van der Waals surface area contributed by atoms with Crippen molar-refractivity contribution in [3.05, 3.63) is 28.3 Å². The minimum atomic E-state index is -4.76. The van der Waals surface area contributed by atoms with Crippen LogP contribution in [0, 0.1) is 5.92 Å². The van der Waals surface area contributed by atoms with Crippen LogP contribution >= 0.6 is 0 Å². The molecule has 148 valence electrons. The second-order valence-corrected chi connectivity index (χ2v) is 8.15. The average Bonchev–Trinajstić information content (AvgIpc) is 3.23. The third-order valence-electron chi connectivity index (χ3n) is 4.47. The average molecular weight is 403 g/mol. The smallest absolute Gasteiger partial charge is 0.348 e. The summed E-state index contributed by atoms with van der Waals surface area (Å²) in [6.45, 7) is 3.71. The predicted octanol–water partition coefficient (Wildman–Crippen LogP) is 3.55. The highest BCUT2D eigenvalue weighted by molar-refractivity contribution is 7.98. The fraction of sp³-hybridized carbons (Fsp3) is 0.588. The Balaban J connectivity index is 1.79. The van der Waals surface area contributed by atoms with Gasteiger partial charge in [0.15, 0.2) is 0 Å². The molecule has 2 unspecified atom stereocenters. The van der Waals surface area contributed by atoms with Crippen molar-refractivity contribution in [2.75, 3.05) is 0 Å².